The molecule has 0 saturated carbocycles. The molecule has 2 saturated heterocycles. The lowest BCUT2D eigenvalue weighted by molar-refractivity contribution is -0.138. The maximum atomic E-state index is 12.9. The van der Waals surface area contributed by atoms with Gasteiger partial charge in [-0.25, -0.2) is 4.98 Å². The average molecular weight is 359 g/mol. The van der Waals surface area contributed by atoms with Gasteiger partial charge >= 0.3 is 6.18 Å². The first-order valence-electron chi connectivity index (χ1n) is 8.10. The van der Waals surface area contributed by atoms with E-state index in [0.29, 0.717) is 18.9 Å². The van der Waals surface area contributed by atoms with Gasteiger partial charge in [0.2, 0.25) is 5.91 Å². The van der Waals surface area contributed by atoms with Gasteiger partial charge in [-0.1, -0.05) is 0 Å². The number of pyridine rings is 1. The summed E-state index contributed by atoms with van der Waals surface area (Å²) < 4.78 is 38.6. The molecule has 1 aromatic rings. The number of nitrogens with zero attached hydrogens (tertiary/aromatic N) is 3. The van der Waals surface area contributed by atoms with E-state index in [-0.39, 0.29) is 11.8 Å². The van der Waals surface area contributed by atoms with Crippen LogP contribution in [0.1, 0.15) is 18.4 Å². The van der Waals surface area contributed by atoms with E-state index in [0.717, 1.165) is 49.6 Å². The van der Waals surface area contributed by atoms with Gasteiger partial charge in [0, 0.05) is 43.9 Å². The van der Waals surface area contributed by atoms with E-state index in [9.17, 15) is 18.0 Å². The maximum absolute atomic E-state index is 12.9. The summed E-state index contributed by atoms with van der Waals surface area (Å²) in [4.78, 5) is 20.4. The van der Waals surface area contributed by atoms with E-state index in [1.165, 1.54) is 6.20 Å². The molecule has 0 aliphatic carbocycles. The van der Waals surface area contributed by atoms with Crippen LogP contribution in [-0.4, -0.2) is 53.5 Å². The first kappa shape index (κ1) is 17.4. The van der Waals surface area contributed by atoms with Gasteiger partial charge in [0.1, 0.15) is 5.82 Å². The second kappa shape index (κ2) is 7.21. The molecular formula is C16H20F3N3OS. The minimum absolute atomic E-state index is 0.131. The van der Waals surface area contributed by atoms with Crippen LogP contribution in [0.15, 0.2) is 18.3 Å². The van der Waals surface area contributed by atoms with Crippen LogP contribution in [0.25, 0.3) is 0 Å². The predicted octanol–water partition coefficient (Wildman–Crippen LogP) is 2.89. The smallest absolute Gasteiger partial charge is 0.356 e. The Labute approximate surface area is 143 Å². The lowest BCUT2D eigenvalue weighted by Gasteiger charge is -2.36. The minimum atomic E-state index is -4.38. The molecule has 0 bridgehead atoms. The summed E-state index contributed by atoms with van der Waals surface area (Å²) in [6.07, 6.45) is -1.62. The fourth-order valence-corrected chi connectivity index (χ4v) is 4.10. The Balaban J connectivity index is 1.70. The monoisotopic (exact) mass is 359 g/mol. The Morgan fingerprint density at radius 3 is 2.71 bits per heavy atom. The summed E-state index contributed by atoms with van der Waals surface area (Å²) in [5.41, 5.74) is -0.700. The summed E-state index contributed by atoms with van der Waals surface area (Å²) in [6, 6.07) is 2.05. The molecule has 132 valence electrons. The van der Waals surface area contributed by atoms with E-state index in [1.54, 1.807) is 4.90 Å². The molecule has 2 fully saturated rings. The van der Waals surface area contributed by atoms with Crippen molar-refractivity contribution >= 4 is 23.5 Å². The number of hydrogen-bond acceptors (Lipinski definition) is 4. The molecule has 0 N–H and O–H groups in total. The molecule has 2 aliphatic rings. The van der Waals surface area contributed by atoms with Crippen molar-refractivity contribution in [3.8, 4) is 0 Å². The number of aromatic nitrogens is 1. The molecule has 1 aromatic heterocycles. The Morgan fingerprint density at radius 2 is 2.00 bits per heavy atom. The molecule has 4 nitrogen and oxygen atoms in total. The highest BCUT2D eigenvalue weighted by Gasteiger charge is 2.33. The van der Waals surface area contributed by atoms with E-state index >= 15 is 0 Å². The van der Waals surface area contributed by atoms with Crippen molar-refractivity contribution < 1.29 is 18.0 Å². The number of carbonyl (C=O) groups excluding carboxylic acids is 1. The molecule has 24 heavy (non-hydrogen) atoms. The lowest BCUT2D eigenvalue weighted by atomic mass is 9.96. The third-order valence-electron chi connectivity index (χ3n) is 4.49. The predicted molar refractivity (Wildman–Crippen MR) is 88.1 cm³/mol. The zero-order valence-corrected chi connectivity index (χ0v) is 14.1. The van der Waals surface area contributed by atoms with Crippen LogP contribution >= 0.6 is 11.8 Å². The van der Waals surface area contributed by atoms with Crippen molar-refractivity contribution in [2.45, 2.75) is 19.0 Å². The van der Waals surface area contributed by atoms with Crippen LogP contribution in [-0.2, 0) is 11.0 Å². The lowest BCUT2D eigenvalue weighted by Crippen LogP contribution is -2.47. The van der Waals surface area contributed by atoms with Crippen molar-refractivity contribution in [2.24, 2.45) is 5.92 Å². The van der Waals surface area contributed by atoms with E-state index in [2.05, 4.69) is 4.98 Å². The molecule has 8 heteroatoms. The second-order valence-electron chi connectivity index (χ2n) is 6.12. The molecule has 0 radical (unpaired) electrons. The fraction of sp³-hybridized carbons (Fsp3) is 0.625. The Hall–Kier alpha value is -1.44. The van der Waals surface area contributed by atoms with Gasteiger partial charge < -0.3 is 9.80 Å². The number of thioether (sulfide) groups is 1. The quantitative estimate of drug-likeness (QED) is 0.814. The largest absolute Gasteiger partial charge is 0.416 e. The summed E-state index contributed by atoms with van der Waals surface area (Å²) in [6.45, 7) is 2.61. The second-order valence-corrected chi connectivity index (χ2v) is 7.35. The highest BCUT2D eigenvalue weighted by Crippen LogP contribution is 2.32. The highest BCUT2D eigenvalue weighted by atomic mass is 32.2. The summed E-state index contributed by atoms with van der Waals surface area (Å²) in [7, 11) is 0. The molecule has 0 aromatic carbocycles. The number of rotatable bonds is 2. The van der Waals surface area contributed by atoms with Gasteiger partial charge in [-0.3, -0.25) is 4.79 Å². The first-order valence-corrected chi connectivity index (χ1v) is 9.25. The van der Waals surface area contributed by atoms with Crippen LogP contribution in [0.2, 0.25) is 0 Å². The molecular weight excluding hydrogens is 339 g/mol. The molecule has 1 atom stereocenters. The zero-order chi connectivity index (χ0) is 17.2. The fourth-order valence-electron chi connectivity index (χ4n) is 3.20. The summed E-state index contributed by atoms with van der Waals surface area (Å²) in [5.74, 6) is 2.19. The standard InChI is InChI=1S/C16H20F3N3OS/c17-16(18,19)13-3-4-20-14(10-13)22-5-1-2-12(11-22)15(23)21-6-8-24-9-7-21/h3-4,10,12H,1-2,5-9,11H2. The third-order valence-corrected chi connectivity index (χ3v) is 5.43. The zero-order valence-electron chi connectivity index (χ0n) is 13.3. The van der Waals surface area contributed by atoms with E-state index in [4.69, 9.17) is 0 Å². The van der Waals surface area contributed by atoms with Crippen molar-refractivity contribution in [3.05, 3.63) is 23.9 Å². The number of hydrogen-bond donors (Lipinski definition) is 0. The summed E-state index contributed by atoms with van der Waals surface area (Å²) >= 11 is 1.84. The molecule has 1 unspecified atom stereocenters. The van der Waals surface area contributed by atoms with Crippen LogP contribution in [0.3, 0.4) is 0 Å². The van der Waals surface area contributed by atoms with Gasteiger partial charge in [0.25, 0.3) is 0 Å². The number of amides is 1. The van der Waals surface area contributed by atoms with Crippen LogP contribution in [0, 0.1) is 5.92 Å². The molecule has 3 heterocycles. The van der Waals surface area contributed by atoms with Crippen molar-refractivity contribution in [1.82, 2.24) is 9.88 Å². The van der Waals surface area contributed by atoms with E-state index < -0.39 is 11.7 Å². The third kappa shape index (κ3) is 3.96. The Morgan fingerprint density at radius 1 is 1.25 bits per heavy atom. The maximum Gasteiger partial charge on any atom is 0.416 e. The van der Waals surface area contributed by atoms with Gasteiger partial charge in [0.05, 0.1) is 11.5 Å². The first-order chi connectivity index (χ1) is 11.4. The van der Waals surface area contributed by atoms with Gasteiger partial charge in [-0.2, -0.15) is 24.9 Å². The van der Waals surface area contributed by atoms with Crippen LogP contribution in [0.5, 0.6) is 0 Å². The number of alkyl halides is 3. The number of carbonyl (C=O) groups is 1. The number of halogens is 3. The van der Waals surface area contributed by atoms with Gasteiger partial charge in [-0.15, -0.1) is 0 Å². The topological polar surface area (TPSA) is 36.4 Å². The van der Waals surface area contributed by atoms with E-state index in [1.807, 2.05) is 16.7 Å². The summed E-state index contributed by atoms with van der Waals surface area (Å²) in [5, 5.41) is 0. The molecule has 2 aliphatic heterocycles. The Bertz CT molecular complexity index is 590. The van der Waals surface area contributed by atoms with Gasteiger partial charge in [-0.05, 0) is 25.0 Å². The highest BCUT2D eigenvalue weighted by molar-refractivity contribution is 7.99. The normalized spacial score (nSPS) is 22.5. The minimum Gasteiger partial charge on any atom is -0.356 e. The number of piperidine rings is 1. The van der Waals surface area contributed by atoms with Crippen molar-refractivity contribution in [3.63, 3.8) is 0 Å². The Kier molecular flexibility index (Phi) is 5.22. The molecule has 1 amide bonds. The SMILES string of the molecule is O=C(C1CCCN(c2cc(C(F)(F)F)ccn2)C1)N1CCSCC1. The van der Waals surface area contributed by atoms with Crippen LogP contribution < -0.4 is 4.90 Å². The molecule has 3 rings (SSSR count). The van der Waals surface area contributed by atoms with Crippen molar-refractivity contribution in [1.29, 1.82) is 0 Å². The van der Waals surface area contributed by atoms with Gasteiger partial charge in [0.15, 0.2) is 0 Å². The van der Waals surface area contributed by atoms with Crippen LogP contribution in [0.4, 0.5) is 19.0 Å². The van der Waals surface area contributed by atoms with Crippen molar-refractivity contribution in [2.75, 3.05) is 42.6 Å². The number of anilines is 1. The molecule has 0 spiro atoms. The average Bonchev–Trinajstić information content (AvgIpc) is 2.61.